The summed E-state index contributed by atoms with van der Waals surface area (Å²) in [4.78, 5) is 14.6. The first-order valence-electron chi connectivity index (χ1n) is 3.82. The van der Waals surface area contributed by atoms with E-state index in [9.17, 15) is 4.79 Å². The first kappa shape index (κ1) is 7.29. The van der Waals surface area contributed by atoms with Crippen LogP contribution in [0.25, 0.3) is 20.4 Å². The van der Waals surface area contributed by atoms with Gasteiger partial charge < -0.3 is 4.98 Å². The number of fused-ring (bicyclic) bond motifs is 3. The summed E-state index contributed by atoms with van der Waals surface area (Å²) in [5.74, 6) is 0. The Labute approximate surface area is 81.8 Å². The SMILES string of the molecule is O=Cc1cc2[nH]c3ccsc3c2s1. The summed E-state index contributed by atoms with van der Waals surface area (Å²) in [7, 11) is 0. The molecule has 0 saturated carbocycles. The van der Waals surface area contributed by atoms with Gasteiger partial charge >= 0.3 is 0 Å². The molecule has 64 valence electrons. The fourth-order valence-electron chi connectivity index (χ4n) is 1.46. The molecule has 0 bridgehead atoms. The number of hydrogen-bond acceptors (Lipinski definition) is 3. The molecule has 0 aromatic carbocycles. The van der Waals surface area contributed by atoms with Crippen molar-refractivity contribution < 1.29 is 4.79 Å². The molecule has 0 unspecified atom stereocenters. The third-order valence-electron chi connectivity index (χ3n) is 2.01. The van der Waals surface area contributed by atoms with Crippen molar-refractivity contribution in [2.75, 3.05) is 0 Å². The summed E-state index contributed by atoms with van der Waals surface area (Å²) >= 11 is 3.26. The van der Waals surface area contributed by atoms with Crippen LogP contribution in [-0.4, -0.2) is 11.3 Å². The van der Waals surface area contributed by atoms with Crippen molar-refractivity contribution >= 4 is 49.4 Å². The minimum Gasteiger partial charge on any atom is -0.353 e. The lowest BCUT2D eigenvalue weighted by Crippen LogP contribution is -1.65. The van der Waals surface area contributed by atoms with Gasteiger partial charge in [0.2, 0.25) is 0 Å². The largest absolute Gasteiger partial charge is 0.353 e. The third-order valence-corrected chi connectivity index (χ3v) is 4.15. The Hall–Kier alpha value is -1.13. The van der Waals surface area contributed by atoms with E-state index >= 15 is 0 Å². The number of rotatable bonds is 1. The average Bonchev–Trinajstić information content (AvgIpc) is 2.72. The lowest BCUT2D eigenvalue weighted by Gasteiger charge is -1.75. The van der Waals surface area contributed by atoms with Crippen LogP contribution in [0.1, 0.15) is 9.67 Å². The molecule has 0 aliphatic rings. The highest BCUT2D eigenvalue weighted by atomic mass is 32.1. The maximum atomic E-state index is 10.5. The molecule has 0 atom stereocenters. The lowest BCUT2D eigenvalue weighted by atomic mass is 10.4. The molecule has 3 aromatic heterocycles. The van der Waals surface area contributed by atoms with Crippen molar-refractivity contribution in [3.05, 3.63) is 22.4 Å². The number of aromatic amines is 1. The molecule has 0 fully saturated rings. The number of thiophene rings is 2. The number of aldehydes is 1. The maximum Gasteiger partial charge on any atom is 0.160 e. The van der Waals surface area contributed by atoms with E-state index in [-0.39, 0.29) is 0 Å². The second-order valence-corrected chi connectivity index (χ2v) is 4.80. The van der Waals surface area contributed by atoms with Gasteiger partial charge in [-0.25, -0.2) is 0 Å². The van der Waals surface area contributed by atoms with E-state index in [0.29, 0.717) is 0 Å². The molecular formula is C9H5NOS2. The van der Waals surface area contributed by atoms with Crippen LogP contribution in [-0.2, 0) is 0 Å². The summed E-state index contributed by atoms with van der Waals surface area (Å²) < 4.78 is 2.46. The van der Waals surface area contributed by atoms with Crippen molar-refractivity contribution in [3.8, 4) is 0 Å². The van der Waals surface area contributed by atoms with Crippen LogP contribution < -0.4 is 0 Å². The molecule has 3 rings (SSSR count). The van der Waals surface area contributed by atoms with E-state index in [1.807, 2.05) is 6.07 Å². The van der Waals surface area contributed by atoms with E-state index < -0.39 is 0 Å². The molecule has 3 heterocycles. The zero-order chi connectivity index (χ0) is 8.84. The number of carbonyl (C=O) groups is 1. The second kappa shape index (κ2) is 2.43. The molecular weight excluding hydrogens is 202 g/mol. The minimum absolute atomic E-state index is 0.788. The molecule has 0 radical (unpaired) electrons. The number of nitrogens with one attached hydrogen (secondary N) is 1. The Kier molecular flexibility index (Phi) is 1.36. The zero-order valence-corrected chi connectivity index (χ0v) is 8.17. The summed E-state index contributed by atoms with van der Waals surface area (Å²) in [5.41, 5.74) is 2.25. The van der Waals surface area contributed by atoms with Crippen LogP contribution in [0.3, 0.4) is 0 Å². The third kappa shape index (κ3) is 0.897. The monoisotopic (exact) mass is 207 g/mol. The number of hydrogen-bond donors (Lipinski definition) is 1. The topological polar surface area (TPSA) is 32.9 Å². The summed E-state index contributed by atoms with van der Waals surface area (Å²) in [6.07, 6.45) is 0.901. The Bertz CT molecular complexity index is 587. The van der Waals surface area contributed by atoms with Gasteiger partial charge in [0.1, 0.15) is 0 Å². The molecule has 0 aliphatic carbocycles. The quantitative estimate of drug-likeness (QED) is 0.610. The summed E-state index contributed by atoms with van der Waals surface area (Å²) in [5, 5.41) is 2.06. The van der Waals surface area contributed by atoms with Crippen molar-refractivity contribution in [2.24, 2.45) is 0 Å². The Morgan fingerprint density at radius 3 is 3.08 bits per heavy atom. The zero-order valence-electron chi connectivity index (χ0n) is 6.53. The molecule has 0 amide bonds. The van der Waals surface area contributed by atoms with E-state index in [4.69, 9.17) is 0 Å². The molecule has 0 aliphatic heterocycles. The first-order valence-corrected chi connectivity index (χ1v) is 5.52. The van der Waals surface area contributed by atoms with Gasteiger partial charge in [0.05, 0.1) is 25.3 Å². The van der Waals surface area contributed by atoms with Gasteiger partial charge in [-0.2, -0.15) is 0 Å². The fourth-order valence-corrected chi connectivity index (χ4v) is 3.41. The fraction of sp³-hybridized carbons (Fsp3) is 0. The van der Waals surface area contributed by atoms with Crippen LogP contribution in [0, 0.1) is 0 Å². The minimum atomic E-state index is 0.788. The Morgan fingerprint density at radius 2 is 2.23 bits per heavy atom. The van der Waals surface area contributed by atoms with Crippen LogP contribution in [0.2, 0.25) is 0 Å². The van der Waals surface area contributed by atoms with Gasteiger partial charge in [0.15, 0.2) is 6.29 Å². The molecule has 0 spiro atoms. The highest BCUT2D eigenvalue weighted by molar-refractivity contribution is 7.27. The number of carbonyl (C=O) groups excluding carboxylic acids is 1. The Balaban J connectivity index is 2.52. The molecule has 0 saturated heterocycles. The van der Waals surface area contributed by atoms with E-state index in [2.05, 4.69) is 16.4 Å². The highest BCUT2D eigenvalue weighted by Gasteiger charge is 2.08. The smallest absolute Gasteiger partial charge is 0.160 e. The van der Waals surface area contributed by atoms with Gasteiger partial charge in [-0.1, -0.05) is 0 Å². The molecule has 13 heavy (non-hydrogen) atoms. The van der Waals surface area contributed by atoms with Crippen molar-refractivity contribution in [1.29, 1.82) is 0 Å². The average molecular weight is 207 g/mol. The normalized spacial score (nSPS) is 11.4. The molecule has 2 nitrogen and oxygen atoms in total. The van der Waals surface area contributed by atoms with Crippen LogP contribution in [0.5, 0.6) is 0 Å². The van der Waals surface area contributed by atoms with Crippen LogP contribution >= 0.6 is 22.7 Å². The molecule has 3 aromatic rings. The van der Waals surface area contributed by atoms with E-state index in [1.54, 1.807) is 22.7 Å². The lowest BCUT2D eigenvalue weighted by molar-refractivity contribution is 0.112. The van der Waals surface area contributed by atoms with E-state index in [0.717, 1.165) is 16.7 Å². The van der Waals surface area contributed by atoms with Crippen molar-refractivity contribution in [2.45, 2.75) is 0 Å². The second-order valence-electron chi connectivity index (χ2n) is 2.80. The predicted octanol–water partition coefficient (Wildman–Crippen LogP) is 3.26. The number of aromatic nitrogens is 1. The van der Waals surface area contributed by atoms with Crippen LogP contribution in [0.15, 0.2) is 17.5 Å². The Morgan fingerprint density at radius 1 is 1.31 bits per heavy atom. The van der Waals surface area contributed by atoms with Crippen molar-refractivity contribution in [1.82, 2.24) is 4.98 Å². The first-order chi connectivity index (χ1) is 6.38. The van der Waals surface area contributed by atoms with Gasteiger partial charge in [-0.3, -0.25) is 4.79 Å². The van der Waals surface area contributed by atoms with Gasteiger partial charge in [0.25, 0.3) is 0 Å². The molecule has 1 N–H and O–H groups in total. The van der Waals surface area contributed by atoms with E-state index in [1.165, 1.54) is 14.9 Å². The van der Waals surface area contributed by atoms with Crippen molar-refractivity contribution in [3.63, 3.8) is 0 Å². The van der Waals surface area contributed by atoms with Gasteiger partial charge in [-0.05, 0) is 17.5 Å². The van der Waals surface area contributed by atoms with Gasteiger partial charge in [0, 0.05) is 0 Å². The summed E-state index contributed by atoms with van der Waals surface area (Å²) in [6.45, 7) is 0. The maximum absolute atomic E-state index is 10.5. The predicted molar refractivity (Wildman–Crippen MR) is 56.9 cm³/mol. The number of H-pyrrole nitrogens is 1. The van der Waals surface area contributed by atoms with Crippen LogP contribution in [0.4, 0.5) is 0 Å². The standard InChI is InChI=1S/C9H5NOS2/c11-4-5-3-7-9(13-5)8-6(10-7)1-2-12-8/h1-4,10H. The van der Waals surface area contributed by atoms with Gasteiger partial charge in [-0.15, -0.1) is 22.7 Å². The summed E-state index contributed by atoms with van der Waals surface area (Å²) in [6, 6.07) is 3.97. The highest BCUT2D eigenvalue weighted by Crippen LogP contribution is 2.35. The molecule has 4 heteroatoms.